The van der Waals surface area contributed by atoms with Crippen LogP contribution < -0.4 is 10.2 Å². The van der Waals surface area contributed by atoms with Crippen LogP contribution in [0.4, 0.5) is 36.3 Å². The number of hydrogen-bond acceptors (Lipinski definition) is 5. The molecule has 2 aromatic carbocycles. The highest BCUT2D eigenvalue weighted by molar-refractivity contribution is 6.31. The number of alkyl halides is 3. The van der Waals surface area contributed by atoms with Gasteiger partial charge in [0.1, 0.15) is 5.82 Å². The molecule has 0 fully saturated rings. The summed E-state index contributed by atoms with van der Waals surface area (Å²) in [6.07, 6.45) is -3.02. The Bertz CT molecular complexity index is 1270. The molecule has 0 aliphatic rings. The van der Waals surface area contributed by atoms with Crippen LogP contribution in [0.1, 0.15) is 11.3 Å². The SMILES string of the molecule is Cc1nn(C)c2ccc(N(C)c3ccnc(Nc4ccc(Cl)c(C(F)(F)F)c4)n3)cc12. The number of nitrogens with one attached hydrogen (secondary N) is 1. The molecule has 0 aliphatic carbocycles. The number of anilines is 4. The zero-order valence-corrected chi connectivity index (χ0v) is 17.6. The molecule has 0 aliphatic heterocycles. The summed E-state index contributed by atoms with van der Waals surface area (Å²) in [5.74, 6) is 0.738. The fourth-order valence-electron chi connectivity index (χ4n) is 3.32. The normalized spacial score (nSPS) is 11.7. The number of aromatic nitrogens is 4. The molecule has 2 heterocycles. The Labute approximate surface area is 181 Å². The van der Waals surface area contributed by atoms with Crippen molar-refractivity contribution < 1.29 is 13.2 Å². The maximum absolute atomic E-state index is 13.1. The van der Waals surface area contributed by atoms with Gasteiger partial charge in [0.05, 0.1) is 21.8 Å². The summed E-state index contributed by atoms with van der Waals surface area (Å²) in [5.41, 5.74) is 2.08. The summed E-state index contributed by atoms with van der Waals surface area (Å²) < 4.78 is 41.2. The molecule has 10 heteroatoms. The maximum atomic E-state index is 13.1. The molecule has 0 radical (unpaired) electrons. The molecule has 31 heavy (non-hydrogen) atoms. The van der Waals surface area contributed by atoms with E-state index in [0.717, 1.165) is 28.4 Å². The number of fused-ring (bicyclic) bond motifs is 1. The Morgan fingerprint density at radius 2 is 1.87 bits per heavy atom. The Kier molecular flexibility index (Phi) is 5.22. The monoisotopic (exact) mass is 446 g/mol. The fraction of sp³-hybridized carbons (Fsp3) is 0.190. The first kappa shape index (κ1) is 20.9. The molecular formula is C21H18ClF3N6. The quantitative estimate of drug-likeness (QED) is 0.425. The second kappa shape index (κ2) is 7.73. The van der Waals surface area contributed by atoms with E-state index in [1.54, 1.807) is 6.07 Å². The van der Waals surface area contributed by atoms with Gasteiger partial charge in [0.15, 0.2) is 0 Å². The summed E-state index contributed by atoms with van der Waals surface area (Å²) in [6, 6.07) is 11.2. The Balaban J connectivity index is 1.62. The minimum Gasteiger partial charge on any atom is -0.329 e. The fourth-order valence-corrected chi connectivity index (χ4v) is 3.54. The molecule has 0 saturated heterocycles. The third-order valence-electron chi connectivity index (χ3n) is 4.92. The predicted molar refractivity (Wildman–Crippen MR) is 115 cm³/mol. The molecule has 0 atom stereocenters. The van der Waals surface area contributed by atoms with Crippen molar-refractivity contribution in [2.24, 2.45) is 7.05 Å². The van der Waals surface area contributed by atoms with E-state index >= 15 is 0 Å². The summed E-state index contributed by atoms with van der Waals surface area (Å²) >= 11 is 5.68. The van der Waals surface area contributed by atoms with Crippen LogP contribution in [0.25, 0.3) is 10.9 Å². The average Bonchev–Trinajstić information content (AvgIpc) is 3.01. The summed E-state index contributed by atoms with van der Waals surface area (Å²) in [4.78, 5) is 10.4. The van der Waals surface area contributed by atoms with Gasteiger partial charge in [0.25, 0.3) is 0 Å². The van der Waals surface area contributed by atoms with Gasteiger partial charge in [-0.25, -0.2) is 4.98 Å². The number of hydrogen-bond donors (Lipinski definition) is 1. The van der Waals surface area contributed by atoms with Gasteiger partial charge in [-0.05, 0) is 49.4 Å². The molecular weight excluding hydrogens is 429 g/mol. The lowest BCUT2D eigenvalue weighted by atomic mass is 10.2. The van der Waals surface area contributed by atoms with Crippen molar-refractivity contribution in [3.63, 3.8) is 0 Å². The van der Waals surface area contributed by atoms with Crippen LogP contribution in [0, 0.1) is 6.92 Å². The Morgan fingerprint density at radius 3 is 2.61 bits per heavy atom. The molecule has 0 bridgehead atoms. The van der Waals surface area contributed by atoms with Crippen molar-refractivity contribution in [3.8, 4) is 0 Å². The van der Waals surface area contributed by atoms with Crippen LogP contribution in [0.2, 0.25) is 5.02 Å². The van der Waals surface area contributed by atoms with Crippen LogP contribution in [0.3, 0.4) is 0 Å². The van der Waals surface area contributed by atoms with Crippen LogP contribution in [0.15, 0.2) is 48.7 Å². The standard InChI is InChI=1S/C21H18ClF3N6/c1-12-15-11-14(5-7-18(15)31(3)29-12)30(2)19-8-9-26-20(28-19)27-13-4-6-17(22)16(10-13)21(23,24)25/h4-11H,1-3H3,(H,26,27,28). The highest BCUT2D eigenvalue weighted by Gasteiger charge is 2.33. The van der Waals surface area contributed by atoms with Crippen molar-refractivity contribution in [3.05, 3.63) is 64.9 Å². The number of halogens is 4. The number of rotatable bonds is 4. The van der Waals surface area contributed by atoms with E-state index in [-0.39, 0.29) is 16.7 Å². The molecule has 160 valence electrons. The van der Waals surface area contributed by atoms with Gasteiger partial charge in [0, 0.05) is 37.1 Å². The zero-order chi connectivity index (χ0) is 22.3. The van der Waals surface area contributed by atoms with Crippen molar-refractivity contribution in [1.82, 2.24) is 19.7 Å². The smallest absolute Gasteiger partial charge is 0.329 e. The molecule has 0 saturated carbocycles. The minimum atomic E-state index is -4.55. The topological polar surface area (TPSA) is 58.9 Å². The van der Waals surface area contributed by atoms with Crippen LogP contribution in [0.5, 0.6) is 0 Å². The second-order valence-electron chi connectivity index (χ2n) is 7.03. The van der Waals surface area contributed by atoms with Gasteiger partial charge in [-0.3, -0.25) is 4.68 Å². The number of benzene rings is 2. The zero-order valence-electron chi connectivity index (χ0n) is 16.9. The molecule has 1 N–H and O–H groups in total. The Morgan fingerprint density at radius 1 is 1.10 bits per heavy atom. The van der Waals surface area contributed by atoms with E-state index in [1.807, 2.05) is 48.8 Å². The third kappa shape index (κ3) is 4.13. The molecule has 6 nitrogen and oxygen atoms in total. The predicted octanol–water partition coefficient (Wildman–Crippen LogP) is 5.86. The highest BCUT2D eigenvalue weighted by Crippen LogP contribution is 2.36. The highest BCUT2D eigenvalue weighted by atomic mass is 35.5. The molecule has 4 aromatic rings. The lowest BCUT2D eigenvalue weighted by Gasteiger charge is -2.19. The van der Waals surface area contributed by atoms with Gasteiger partial charge >= 0.3 is 6.18 Å². The van der Waals surface area contributed by atoms with Crippen molar-refractivity contribution in [1.29, 1.82) is 0 Å². The van der Waals surface area contributed by atoms with E-state index in [1.165, 1.54) is 18.3 Å². The van der Waals surface area contributed by atoms with Crippen LogP contribution >= 0.6 is 11.6 Å². The van der Waals surface area contributed by atoms with Gasteiger partial charge in [0.2, 0.25) is 5.95 Å². The molecule has 0 spiro atoms. The third-order valence-corrected chi connectivity index (χ3v) is 5.25. The van der Waals surface area contributed by atoms with E-state index < -0.39 is 11.7 Å². The molecule has 2 aromatic heterocycles. The van der Waals surface area contributed by atoms with Gasteiger partial charge < -0.3 is 10.2 Å². The summed E-state index contributed by atoms with van der Waals surface area (Å²) in [6.45, 7) is 1.94. The minimum absolute atomic E-state index is 0.165. The largest absolute Gasteiger partial charge is 0.417 e. The first-order chi connectivity index (χ1) is 14.6. The number of aryl methyl sites for hydroxylation is 2. The second-order valence-corrected chi connectivity index (χ2v) is 7.43. The Hall–Kier alpha value is -3.33. The van der Waals surface area contributed by atoms with Crippen LogP contribution in [-0.4, -0.2) is 26.8 Å². The first-order valence-electron chi connectivity index (χ1n) is 9.27. The summed E-state index contributed by atoms with van der Waals surface area (Å²) in [5, 5.41) is 7.90. The van der Waals surface area contributed by atoms with Gasteiger partial charge in [-0.15, -0.1) is 0 Å². The van der Waals surface area contributed by atoms with Crippen LogP contribution in [-0.2, 0) is 13.2 Å². The molecule has 0 amide bonds. The molecule has 4 rings (SSSR count). The van der Waals surface area contributed by atoms with Gasteiger partial charge in [-0.2, -0.15) is 23.3 Å². The van der Waals surface area contributed by atoms with Crippen molar-refractivity contribution in [2.45, 2.75) is 13.1 Å². The van der Waals surface area contributed by atoms with E-state index in [0.29, 0.717) is 5.82 Å². The lowest BCUT2D eigenvalue weighted by molar-refractivity contribution is -0.137. The van der Waals surface area contributed by atoms with E-state index in [4.69, 9.17) is 11.6 Å². The first-order valence-corrected chi connectivity index (χ1v) is 9.65. The average molecular weight is 447 g/mol. The summed E-state index contributed by atoms with van der Waals surface area (Å²) in [7, 11) is 3.74. The molecule has 0 unspecified atom stereocenters. The maximum Gasteiger partial charge on any atom is 0.417 e. The van der Waals surface area contributed by atoms with Gasteiger partial charge in [-0.1, -0.05) is 11.6 Å². The van der Waals surface area contributed by atoms with Crippen molar-refractivity contribution in [2.75, 3.05) is 17.3 Å². The number of nitrogens with zero attached hydrogens (tertiary/aromatic N) is 5. The van der Waals surface area contributed by atoms with Crippen molar-refractivity contribution >= 4 is 45.6 Å². The van der Waals surface area contributed by atoms with E-state index in [9.17, 15) is 13.2 Å². The van der Waals surface area contributed by atoms with E-state index in [2.05, 4.69) is 20.4 Å². The lowest BCUT2D eigenvalue weighted by Crippen LogP contribution is -2.12.